The fourth-order valence-corrected chi connectivity index (χ4v) is 2.61. The molecule has 3 N–H and O–H groups in total. The van der Waals surface area contributed by atoms with Crippen molar-refractivity contribution in [3.8, 4) is 0 Å². The average molecular weight is 272 g/mol. The maximum absolute atomic E-state index is 11.3. The largest absolute Gasteiger partial charge is 0.325 e. The molecule has 0 aromatic heterocycles. The third kappa shape index (κ3) is 3.84. The second-order valence-electron chi connectivity index (χ2n) is 4.15. The smallest absolute Gasteiger partial charge is 0.238 e. The van der Waals surface area contributed by atoms with Crippen LogP contribution in [0.15, 0.2) is 58.3 Å². The lowest BCUT2D eigenvalue weighted by atomic mass is 10.2. The standard InChI is InChI=1S/C15H16N2OS/c1-11-5-2-3-8-14(11)19-13-7-4-6-12(9-13)17-15(18)10-16/h2-9H,10,16H2,1H3,(H,17,18). The van der Waals surface area contributed by atoms with Crippen LogP contribution in [0.2, 0.25) is 0 Å². The maximum Gasteiger partial charge on any atom is 0.238 e. The summed E-state index contributed by atoms with van der Waals surface area (Å²) in [5.41, 5.74) is 7.30. The predicted molar refractivity (Wildman–Crippen MR) is 79.4 cm³/mol. The molecule has 0 bridgehead atoms. The van der Waals surface area contributed by atoms with Crippen molar-refractivity contribution in [3.63, 3.8) is 0 Å². The molecule has 19 heavy (non-hydrogen) atoms. The first-order valence-electron chi connectivity index (χ1n) is 6.02. The topological polar surface area (TPSA) is 55.1 Å². The summed E-state index contributed by atoms with van der Waals surface area (Å²) in [6.07, 6.45) is 0. The van der Waals surface area contributed by atoms with Crippen LogP contribution in [0.4, 0.5) is 5.69 Å². The Morgan fingerprint density at radius 3 is 2.74 bits per heavy atom. The van der Waals surface area contributed by atoms with E-state index in [9.17, 15) is 4.79 Å². The van der Waals surface area contributed by atoms with Gasteiger partial charge in [-0.05, 0) is 36.8 Å². The van der Waals surface area contributed by atoms with E-state index in [0.717, 1.165) is 10.6 Å². The van der Waals surface area contributed by atoms with Crippen molar-refractivity contribution >= 4 is 23.4 Å². The Balaban J connectivity index is 2.15. The monoisotopic (exact) mass is 272 g/mol. The molecule has 98 valence electrons. The zero-order chi connectivity index (χ0) is 13.7. The predicted octanol–water partition coefficient (Wildman–Crippen LogP) is 3.04. The van der Waals surface area contributed by atoms with Gasteiger partial charge in [0.15, 0.2) is 0 Å². The van der Waals surface area contributed by atoms with Crippen LogP contribution in [0.1, 0.15) is 5.56 Å². The molecule has 0 spiro atoms. The van der Waals surface area contributed by atoms with Gasteiger partial charge in [-0.3, -0.25) is 4.79 Å². The second-order valence-corrected chi connectivity index (χ2v) is 5.26. The molecule has 1 amide bonds. The summed E-state index contributed by atoms with van der Waals surface area (Å²) >= 11 is 1.68. The quantitative estimate of drug-likeness (QED) is 0.899. The first kappa shape index (κ1) is 13.6. The highest BCUT2D eigenvalue weighted by molar-refractivity contribution is 7.99. The molecule has 2 rings (SSSR count). The van der Waals surface area contributed by atoms with Gasteiger partial charge in [-0.15, -0.1) is 0 Å². The Hall–Kier alpha value is -1.78. The average Bonchev–Trinajstić information content (AvgIpc) is 2.42. The van der Waals surface area contributed by atoms with Crippen LogP contribution in [-0.2, 0) is 4.79 Å². The molecule has 0 saturated heterocycles. The first-order valence-corrected chi connectivity index (χ1v) is 6.84. The maximum atomic E-state index is 11.3. The fraction of sp³-hybridized carbons (Fsp3) is 0.133. The third-order valence-electron chi connectivity index (χ3n) is 2.62. The third-order valence-corrected chi connectivity index (χ3v) is 3.79. The van der Waals surface area contributed by atoms with Gasteiger partial charge >= 0.3 is 0 Å². The summed E-state index contributed by atoms with van der Waals surface area (Å²) in [5, 5.41) is 2.76. The number of carbonyl (C=O) groups is 1. The van der Waals surface area contributed by atoms with Crippen molar-refractivity contribution in [2.75, 3.05) is 11.9 Å². The molecule has 0 aliphatic heterocycles. The van der Waals surface area contributed by atoms with E-state index in [0.29, 0.717) is 0 Å². The number of benzene rings is 2. The zero-order valence-electron chi connectivity index (χ0n) is 10.7. The second kappa shape index (κ2) is 6.41. The summed E-state index contributed by atoms with van der Waals surface area (Å²) in [7, 11) is 0. The van der Waals surface area contributed by atoms with E-state index in [4.69, 9.17) is 5.73 Å². The van der Waals surface area contributed by atoms with Crippen LogP contribution in [0.3, 0.4) is 0 Å². The van der Waals surface area contributed by atoms with Crippen molar-refractivity contribution in [3.05, 3.63) is 54.1 Å². The lowest BCUT2D eigenvalue weighted by molar-refractivity contribution is -0.114. The Kier molecular flexibility index (Phi) is 4.60. The van der Waals surface area contributed by atoms with E-state index in [1.165, 1.54) is 10.5 Å². The Bertz CT molecular complexity index is 584. The zero-order valence-corrected chi connectivity index (χ0v) is 11.5. The highest BCUT2D eigenvalue weighted by Crippen LogP contribution is 2.31. The molecule has 4 heteroatoms. The number of anilines is 1. The summed E-state index contributed by atoms with van der Waals surface area (Å²) in [6, 6.07) is 16.0. The van der Waals surface area contributed by atoms with E-state index >= 15 is 0 Å². The van der Waals surface area contributed by atoms with Crippen LogP contribution < -0.4 is 11.1 Å². The number of amides is 1. The lowest BCUT2D eigenvalue weighted by Crippen LogP contribution is -2.21. The van der Waals surface area contributed by atoms with Crippen molar-refractivity contribution in [1.29, 1.82) is 0 Å². The Morgan fingerprint density at radius 2 is 2.00 bits per heavy atom. The first-order chi connectivity index (χ1) is 9.19. The molecule has 0 unspecified atom stereocenters. The van der Waals surface area contributed by atoms with Crippen molar-refractivity contribution in [2.24, 2.45) is 5.73 Å². The van der Waals surface area contributed by atoms with Gasteiger partial charge in [0.25, 0.3) is 0 Å². The highest BCUT2D eigenvalue weighted by atomic mass is 32.2. The number of hydrogen-bond acceptors (Lipinski definition) is 3. The van der Waals surface area contributed by atoms with Crippen molar-refractivity contribution in [2.45, 2.75) is 16.7 Å². The molecule has 0 radical (unpaired) electrons. The van der Waals surface area contributed by atoms with Gasteiger partial charge in [0.05, 0.1) is 6.54 Å². The van der Waals surface area contributed by atoms with Crippen molar-refractivity contribution < 1.29 is 4.79 Å². The normalized spacial score (nSPS) is 10.2. The minimum Gasteiger partial charge on any atom is -0.325 e. The number of hydrogen-bond donors (Lipinski definition) is 2. The van der Waals surface area contributed by atoms with Gasteiger partial charge in [-0.25, -0.2) is 0 Å². The van der Waals surface area contributed by atoms with Gasteiger partial charge in [0.1, 0.15) is 0 Å². The van der Waals surface area contributed by atoms with Gasteiger partial charge in [0.2, 0.25) is 5.91 Å². The molecule has 2 aromatic rings. The molecule has 0 fully saturated rings. The summed E-state index contributed by atoms with van der Waals surface area (Å²) in [6.45, 7) is 2.08. The number of nitrogens with two attached hydrogens (primary N) is 1. The van der Waals surface area contributed by atoms with Crippen molar-refractivity contribution in [1.82, 2.24) is 0 Å². The Morgan fingerprint density at radius 1 is 1.21 bits per heavy atom. The Labute approximate surface area is 117 Å². The van der Waals surface area contributed by atoms with Gasteiger partial charge < -0.3 is 11.1 Å². The summed E-state index contributed by atoms with van der Waals surface area (Å²) < 4.78 is 0. The van der Waals surface area contributed by atoms with Crippen LogP contribution >= 0.6 is 11.8 Å². The SMILES string of the molecule is Cc1ccccc1Sc1cccc(NC(=O)CN)c1. The molecule has 2 aromatic carbocycles. The highest BCUT2D eigenvalue weighted by Gasteiger charge is 2.03. The van der Waals surface area contributed by atoms with E-state index in [2.05, 4.69) is 24.4 Å². The number of aryl methyl sites for hydroxylation is 1. The van der Waals surface area contributed by atoms with E-state index < -0.39 is 0 Å². The number of carbonyl (C=O) groups excluding carboxylic acids is 1. The molecule has 0 aliphatic carbocycles. The molecule has 0 atom stereocenters. The van der Waals surface area contributed by atoms with Gasteiger partial charge in [-0.1, -0.05) is 36.0 Å². The molecule has 0 heterocycles. The minimum atomic E-state index is -0.182. The minimum absolute atomic E-state index is 0.00480. The van der Waals surface area contributed by atoms with Crippen LogP contribution in [0.5, 0.6) is 0 Å². The molecule has 0 aliphatic rings. The molecule has 3 nitrogen and oxygen atoms in total. The summed E-state index contributed by atoms with van der Waals surface area (Å²) in [4.78, 5) is 13.6. The lowest BCUT2D eigenvalue weighted by Gasteiger charge is -2.08. The molecule has 0 saturated carbocycles. The van der Waals surface area contributed by atoms with Gasteiger partial charge in [0, 0.05) is 15.5 Å². The van der Waals surface area contributed by atoms with Crippen LogP contribution in [0, 0.1) is 6.92 Å². The van der Waals surface area contributed by atoms with E-state index in [1.807, 2.05) is 36.4 Å². The van der Waals surface area contributed by atoms with Gasteiger partial charge in [-0.2, -0.15) is 0 Å². The fourth-order valence-electron chi connectivity index (χ4n) is 1.65. The number of rotatable bonds is 4. The molecular formula is C15H16N2OS. The summed E-state index contributed by atoms with van der Waals surface area (Å²) in [5.74, 6) is -0.182. The van der Waals surface area contributed by atoms with Crippen LogP contribution in [-0.4, -0.2) is 12.5 Å². The van der Waals surface area contributed by atoms with Crippen LogP contribution in [0.25, 0.3) is 0 Å². The number of nitrogens with one attached hydrogen (secondary N) is 1. The molecular weight excluding hydrogens is 256 g/mol. The van der Waals surface area contributed by atoms with E-state index in [-0.39, 0.29) is 12.5 Å². The van der Waals surface area contributed by atoms with E-state index in [1.54, 1.807) is 11.8 Å².